The zero-order valence-electron chi connectivity index (χ0n) is 7.46. The Bertz CT molecular complexity index is 173. The van der Waals surface area contributed by atoms with Gasteiger partial charge in [-0.05, 0) is 0 Å². The summed E-state index contributed by atoms with van der Waals surface area (Å²) >= 11 is 0. The summed E-state index contributed by atoms with van der Waals surface area (Å²) in [5, 5.41) is 0. The molecule has 1 atom stereocenters. The van der Waals surface area contributed by atoms with Crippen molar-refractivity contribution in [3.8, 4) is 0 Å². The summed E-state index contributed by atoms with van der Waals surface area (Å²) in [6.45, 7) is 4.30. The number of hydrogen-bond acceptors (Lipinski definition) is 2. The molecule has 0 bridgehead atoms. The first-order valence-electron chi connectivity index (χ1n) is 3.49. The quantitative estimate of drug-likeness (QED) is 0.335. The molecule has 0 aromatic rings. The standard InChI is InChI=1S/C8H14N2.Na/c1-8(2)6-4-3-5-7(8)10-9;/h3-7,10H,9H2,1-2H3;. The monoisotopic (exact) mass is 161 g/mol. The van der Waals surface area contributed by atoms with E-state index in [-0.39, 0.29) is 41.0 Å². The summed E-state index contributed by atoms with van der Waals surface area (Å²) in [6.07, 6.45) is 8.28. The van der Waals surface area contributed by atoms with Crippen LogP contribution in [0.2, 0.25) is 0 Å². The summed E-state index contributed by atoms with van der Waals surface area (Å²) in [6, 6.07) is 0.262. The number of hydrogen-bond donors (Lipinski definition) is 2. The van der Waals surface area contributed by atoms with Crippen molar-refractivity contribution in [2.75, 3.05) is 0 Å². The smallest absolute Gasteiger partial charge is 0.0479 e. The molecule has 0 saturated heterocycles. The average Bonchev–Trinajstić information content (AvgIpc) is 1.87. The topological polar surface area (TPSA) is 38.0 Å². The van der Waals surface area contributed by atoms with Crippen LogP contribution in [0.15, 0.2) is 24.3 Å². The molecule has 0 fully saturated rings. The van der Waals surface area contributed by atoms with Gasteiger partial charge in [-0.1, -0.05) is 38.2 Å². The Morgan fingerprint density at radius 1 is 1.36 bits per heavy atom. The van der Waals surface area contributed by atoms with E-state index in [0.717, 1.165) is 0 Å². The second-order valence-corrected chi connectivity index (χ2v) is 3.21. The van der Waals surface area contributed by atoms with E-state index in [0.29, 0.717) is 0 Å². The summed E-state index contributed by atoms with van der Waals surface area (Å²) in [7, 11) is 0. The van der Waals surface area contributed by atoms with Crippen LogP contribution in [0.4, 0.5) is 0 Å². The predicted molar refractivity (Wildman–Crippen MR) is 48.9 cm³/mol. The predicted octanol–water partition coefficient (Wildman–Crippen LogP) is 0.590. The van der Waals surface area contributed by atoms with Crippen molar-refractivity contribution in [2.24, 2.45) is 11.3 Å². The van der Waals surface area contributed by atoms with Crippen molar-refractivity contribution in [2.45, 2.75) is 19.9 Å². The van der Waals surface area contributed by atoms with Gasteiger partial charge >= 0.3 is 0 Å². The van der Waals surface area contributed by atoms with Crippen LogP contribution in [0, 0.1) is 5.41 Å². The molecule has 3 heteroatoms. The van der Waals surface area contributed by atoms with Crippen LogP contribution < -0.4 is 11.3 Å². The maximum atomic E-state index is 5.34. The van der Waals surface area contributed by atoms with E-state index in [2.05, 4.69) is 31.4 Å². The van der Waals surface area contributed by atoms with Gasteiger partial charge in [0.1, 0.15) is 0 Å². The van der Waals surface area contributed by atoms with Gasteiger partial charge in [-0.15, -0.1) is 0 Å². The van der Waals surface area contributed by atoms with Gasteiger partial charge in [0.15, 0.2) is 0 Å². The first kappa shape index (κ1) is 11.4. The minimum atomic E-state index is 0. The van der Waals surface area contributed by atoms with Crippen LogP contribution >= 0.6 is 0 Å². The number of allylic oxidation sites excluding steroid dienone is 2. The van der Waals surface area contributed by atoms with Gasteiger partial charge in [0.25, 0.3) is 0 Å². The SMILES string of the molecule is CC1(C)C=CC=CC1NN.[Na]. The molecule has 0 aliphatic heterocycles. The van der Waals surface area contributed by atoms with E-state index >= 15 is 0 Å². The molecule has 0 aromatic heterocycles. The van der Waals surface area contributed by atoms with Crippen LogP contribution in [0.25, 0.3) is 0 Å². The molecule has 1 rings (SSSR count). The number of rotatable bonds is 1. The first-order valence-corrected chi connectivity index (χ1v) is 3.49. The van der Waals surface area contributed by atoms with E-state index in [9.17, 15) is 0 Å². The van der Waals surface area contributed by atoms with Gasteiger partial charge in [-0.3, -0.25) is 11.3 Å². The van der Waals surface area contributed by atoms with Gasteiger partial charge in [0, 0.05) is 41.0 Å². The molecule has 1 radical (unpaired) electrons. The van der Waals surface area contributed by atoms with Crippen LogP contribution in [0.3, 0.4) is 0 Å². The maximum absolute atomic E-state index is 5.34. The molecule has 1 unspecified atom stereocenters. The molecule has 11 heavy (non-hydrogen) atoms. The van der Waals surface area contributed by atoms with E-state index < -0.39 is 0 Å². The number of hydrazine groups is 1. The molecule has 1 aliphatic rings. The van der Waals surface area contributed by atoms with Gasteiger partial charge in [-0.2, -0.15) is 0 Å². The maximum Gasteiger partial charge on any atom is 0.0479 e. The summed E-state index contributed by atoms with van der Waals surface area (Å²) in [5.74, 6) is 5.34. The molecule has 0 heterocycles. The third-order valence-corrected chi connectivity index (χ3v) is 1.92. The second kappa shape index (κ2) is 4.43. The molecule has 0 spiro atoms. The van der Waals surface area contributed by atoms with Gasteiger partial charge < -0.3 is 0 Å². The van der Waals surface area contributed by atoms with Crippen molar-refractivity contribution in [3.63, 3.8) is 0 Å². The Morgan fingerprint density at radius 3 is 2.36 bits per heavy atom. The van der Waals surface area contributed by atoms with Crippen molar-refractivity contribution in [3.05, 3.63) is 24.3 Å². The normalized spacial score (nSPS) is 26.3. The Morgan fingerprint density at radius 2 is 2.00 bits per heavy atom. The van der Waals surface area contributed by atoms with Crippen molar-refractivity contribution < 1.29 is 0 Å². The Hall–Kier alpha value is 0.400. The molecule has 1 aliphatic carbocycles. The Balaban J connectivity index is 0.000001000. The minimum absolute atomic E-state index is 0. The van der Waals surface area contributed by atoms with Gasteiger partial charge in [-0.25, -0.2) is 0 Å². The molecular formula is C8H14N2Na. The van der Waals surface area contributed by atoms with E-state index in [4.69, 9.17) is 5.84 Å². The molecule has 2 nitrogen and oxygen atoms in total. The summed E-state index contributed by atoms with van der Waals surface area (Å²) < 4.78 is 0. The fraction of sp³-hybridized carbons (Fsp3) is 0.500. The van der Waals surface area contributed by atoms with Crippen molar-refractivity contribution >= 4 is 29.6 Å². The molecular weight excluding hydrogens is 147 g/mol. The fourth-order valence-corrected chi connectivity index (χ4v) is 1.10. The number of nitrogens with one attached hydrogen (secondary N) is 1. The third kappa shape index (κ3) is 2.73. The van der Waals surface area contributed by atoms with E-state index in [1.807, 2.05) is 12.2 Å². The Labute approximate surface area is 90.2 Å². The van der Waals surface area contributed by atoms with E-state index in [1.165, 1.54) is 0 Å². The van der Waals surface area contributed by atoms with Gasteiger partial charge in [0.2, 0.25) is 0 Å². The average molecular weight is 161 g/mol. The summed E-state index contributed by atoms with van der Waals surface area (Å²) in [4.78, 5) is 0. The molecule has 3 N–H and O–H groups in total. The molecule has 0 saturated carbocycles. The van der Waals surface area contributed by atoms with Gasteiger partial charge in [0.05, 0.1) is 0 Å². The minimum Gasteiger partial charge on any atom is -0.271 e. The third-order valence-electron chi connectivity index (χ3n) is 1.92. The molecule has 0 amide bonds. The van der Waals surface area contributed by atoms with Crippen LogP contribution in [0.1, 0.15) is 13.8 Å². The van der Waals surface area contributed by atoms with Crippen LogP contribution in [-0.4, -0.2) is 35.6 Å². The van der Waals surface area contributed by atoms with Crippen molar-refractivity contribution in [1.29, 1.82) is 0 Å². The van der Waals surface area contributed by atoms with Crippen molar-refractivity contribution in [1.82, 2.24) is 5.43 Å². The van der Waals surface area contributed by atoms with Crippen LogP contribution in [-0.2, 0) is 0 Å². The van der Waals surface area contributed by atoms with Crippen LogP contribution in [0.5, 0.6) is 0 Å². The number of nitrogens with two attached hydrogens (primary N) is 1. The Kier molecular flexibility index (Phi) is 4.59. The zero-order chi connectivity index (χ0) is 7.61. The first-order chi connectivity index (χ1) is 4.67. The molecule has 0 aromatic carbocycles. The second-order valence-electron chi connectivity index (χ2n) is 3.21. The zero-order valence-corrected chi connectivity index (χ0v) is 9.46. The summed E-state index contributed by atoms with van der Waals surface area (Å²) in [5.41, 5.74) is 2.90. The fourth-order valence-electron chi connectivity index (χ4n) is 1.10. The van der Waals surface area contributed by atoms with E-state index in [1.54, 1.807) is 0 Å². The largest absolute Gasteiger partial charge is 0.271 e. The molecule has 57 valence electrons.